The van der Waals surface area contributed by atoms with Crippen molar-refractivity contribution in [2.45, 2.75) is 25.5 Å². The monoisotopic (exact) mass is 252 g/mol. The van der Waals surface area contributed by atoms with Crippen molar-refractivity contribution in [3.05, 3.63) is 41.2 Å². The van der Waals surface area contributed by atoms with E-state index in [1.165, 1.54) is 4.80 Å². The lowest BCUT2D eigenvalue weighted by Crippen LogP contribution is -2.11. The molecule has 2 aromatic rings. The molecule has 0 saturated heterocycles. The van der Waals surface area contributed by atoms with Gasteiger partial charge in [-0.3, -0.25) is 0 Å². The van der Waals surface area contributed by atoms with Gasteiger partial charge < -0.3 is 5.11 Å². The zero-order valence-corrected chi connectivity index (χ0v) is 10.2. The van der Waals surface area contributed by atoms with Gasteiger partial charge in [-0.1, -0.05) is 29.8 Å². The molecule has 1 atom stereocenters. The third kappa shape index (κ3) is 3.01. The second kappa shape index (κ2) is 5.25. The second-order valence-corrected chi connectivity index (χ2v) is 4.09. The van der Waals surface area contributed by atoms with E-state index in [0.29, 0.717) is 5.82 Å². The van der Waals surface area contributed by atoms with Gasteiger partial charge in [0.15, 0.2) is 5.82 Å². The molecule has 0 aliphatic heterocycles. The van der Waals surface area contributed by atoms with Gasteiger partial charge in [-0.05, 0) is 17.7 Å². The number of aliphatic hydroxyl groups excluding tert-OH is 1. The van der Waals surface area contributed by atoms with Crippen LogP contribution < -0.4 is 0 Å². The number of rotatable bonds is 4. The summed E-state index contributed by atoms with van der Waals surface area (Å²) in [5, 5.41) is 21.5. The van der Waals surface area contributed by atoms with Crippen molar-refractivity contribution in [3.63, 3.8) is 0 Å². The van der Waals surface area contributed by atoms with Crippen LogP contribution in [0.15, 0.2) is 24.3 Å². The number of nitrogens with zero attached hydrogens (tertiary/aromatic N) is 4. The van der Waals surface area contributed by atoms with Crippen molar-refractivity contribution >= 4 is 11.6 Å². The van der Waals surface area contributed by atoms with Crippen LogP contribution in [0.1, 0.15) is 23.1 Å². The molecule has 6 heteroatoms. The van der Waals surface area contributed by atoms with Crippen molar-refractivity contribution in [1.29, 1.82) is 0 Å². The quantitative estimate of drug-likeness (QED) is 0.837. The van der Waals surface area contributed by atoms with Gasteiger partial charge in [0, 0.05) is 0 Å². The SMILES string of the molecule is Cc1ccc([C@@H](O)Cn2nnc(CCl)n2)cc1. The Balaban J connectivity index is 2.05. The third-order valence-corrected chi connectivity index (χ3v) is 2.65. The van der Waals surface area contributed by atoms with Crippen LogP contribution in [0.2, 0.25) is 0 Å². The largest absolute Gasteiger partial charge is 0.386 e. The molecule has 0 fully saturated rings. The Morgan fingerprint density at radius 3 is 2.65 bits per heavy atom. The van der Waals surface area contributed by atoms with Crippen LogP contribution in [0.25, 0.3) is 0 Å². The Labute approximate surface area is 104 Å². The number of benzene rings is 1. The molecule has 0 radical (unpaired) electrons. The fourth-order valence-electron chi connectivity index (χ4n) is 1.46. The number of hydrogen-bond acceptors (Lipinski definition) is 4. The smallest absolute Gasteiger partial charge is 0.189 e. The first-order valence-corrected chi connectivity index (χ1v) is 5.80. The van der Waals surface area contributed by atoms with Crippen molar-refractivity contribution in [2.75, 3.05) is 0 Å². The summed E-state index contributed by atoms with van der Waals surface area (Å²) < 4.78 is 0. The van der Waals surface area contributed by atoms with Gasteiger partial charge in [0.25, 0.3) is 0 Å². The van der Waals surface area contributed by atoms with E-state index >= 15 is 0 Å². The fourth-order valence-corrected chi connectivity index (χ4v) is 1.56. The lowest BCUT2D eigenvalue weighted by Gasteiger charge is -2.09. The highest BCUT2D eigenvalue weighted by molar-refractivity contribution is 6.16. The molecule has 0 spiro atoms. The molecule has 1 aromatic carbocycles. The number of hydrogen-bond donors (Lipinski definition) is 1. The Bertz CT molecular complexity index is 482. The van der Waals surface area contributed by atoms with Gasteiger partial charge in [-0.15, -0.1) is 21.8 Å². The third-order valence-electron chi connectivity index (χ3n) is 2.41. The molecule has 0 unspecified atom stereocenters. The summed E-state index contributed by atoms with van der Waals surface area (Å²) in [6, 6.07) is 7.69. The Morgan fingerprint density at radius 1 is 1.35 bits per heavy atom. The Hall–Kier alpha value is -1.46. The van der Waals surface area contributed by atoms with Gasteiger partial charge in [-0.25, -0.2) is 0 Å². The molecule has 1 aromatic heterocycles. The number of aryl methyl sites for hydroxylation is 1. The zero-order chi connectivity index (χ0) is 12.3. The van der Waals surface area contributed by atoms with Gasteiger partial charge in [0.2, 0.25) is 0 Å². The van der Waals surface area contributed by atoms with Gasteiger partial charge >= 0.3 is 0 Å². The molecular formula is C11H13ClN4O. The molecule has 2 rings (SSSR count). The maximum absolute atomic E-state index is 9.99. The number of aliphatic hydroxyl groups is 1. The molecule has 0 aliphatic carbocycles. The number of tetrazole rings is 1. The molecular weight excluding hydrogens is 240 g/mol. The molecule has 0 bridgehead atoms. The summed E-state index contributed by atoms with van der Waals surface area (Å²) in [6.45, 7) is 2.27. The highest BCUT2D eigenvalue weighted by Gasteiger charge is 2.10. The second-order valence-electron chi connectivity index (χ2n) is 3.82. The predicted molar refractivity (Wildman–Crippen MR) is 63.5 cm³/mol. The topological polar surface area (TPSA) is 63.8 Å². The van der Waals surface area contributed by atoms with Gasteiger partial charge in [0.1, 0.15) is 6.10 Å². The lowest BCUT2D eigenvalue weighted by molar-refractivity contribution is 0.144. The van der Waals surface area contributed by atoms with Crippen LogP contribution in [-0.4, -0.2) is 25.3 Å². The van der Waals surface area contributed by atoms with E-state index in [-0.39, 0.29) is 12.4 Å². The van der Waals surface area contributed by atoms with Crippen LogP contribution in [0, 0.1) is 6.92 Å². The molecule has 90 valence electrons. The average molecular weight is 253 g/mol. The first-order valence-electron chi connectivity index (χ1n) is 5.26. The summed E-state index contributed by atoms with van der Waals surface area (Å²) in [5.74, 6) is 0.684. The standard InChI is InChI=1S/C11H13ClN4O/c1-8-2-4-9(5-3-8)10(17)7-16-14-11(6-12)13-15-16/h2-5,10,17H,6-7H2,1H3/t10-/m0/s1. The number of alkyl halides is 1. The highest BCUT2D eigenvalue weighted by Crippen LogP contribution is 2.14. The maximum Gasteiger partial charge on any atom is 0.189 e. The minimum absolute atomic E-state index is 0.223. The van der Waals surface area contributed by atoms with Crippen molar-refractivity contribution in [1.82, 2.24) is 20.2 Å². The van der Waals surface area contributed by atoms with Crippen LogP contribution in [0.4, 0.5) is 0 Å². The molecule has 0 saturated carbocycles. The van der Waals surface area contributed by atoms with Crippen molar-refractivity contribution in [2.24, 2.45) is 0 Å². The van der Waals surface area contributed by atoms with Crippen LogP contribution in [-0.2, 0) is 12.4 Å². The summed E-state index contributed by atoms with van der Waals surface area (Å²) >= 11 is 5.57. The van der Waals surface area contributed by atoms with Gasteiger partial charge in [0.05, 0.1) is 12.4 Å². The number of halogens is 1. The van der Waals surface area contributed by atoms with Crippen molar-refractivity contribution < 1.29 is 5.11 Å². The summed E-state index contributed by atoms with van der Waals surface area (Å²) in [5.41, 5.74) is 1.99. The predicted octanol–water partition coefficient (Wildman–Crippen LogP) is 1.45. The molecule has 5 nitrogen and oxygen atoms in total. The van der Waals surface area contributed by atoms with E-state index in [1.54, 1.807) is 0 Å². The van der Waals surface area contributed by atoms with Crippen LogP contribution in [0.3, 0.4) is 0 Å². The molecule has 1 N–H and O–H groups in total. The minimum atomic E-state index is -0.645. The summed E-state index contributed by atoms with van der Waals surface area (Å²) in [4.78, 5) is 1.35. The summed E-state index contributed by atoms with van der Waals surface area (Å²) in [7, 11) is 0. The van der Waals surface area contributed by atoms with Crippen LogP contribution in [0.5, 0.6) is 0 Å². The zero-order valence-electron chi connectivity index (χ0n) is 9.41. The van der Waals surface area contributed by atoms with Crippen LogP contribution >= 0.6 is 11.6 Å². The van der Waals surface area contributed by atoms with E-state index in [0.717, 1.165) is 11.1 Å². The minimum Gasteiger partial charge on any atom is -0.386 e. The maximum atomic E-state index is 9.99. The molecule has 0 aliphatic rings. The van der Waals surface area contributed by atoms with E-state index in [2.05, 4.69) is 15.4 Å². The van der Waals surface area contributed by atoms with Gasteiger partial charge in [-0.2, -0.15) is 4.80 Å². The normalized spacial score (nSPS) is 12.6. The van der Waals surface area contributed by atoms with E-state index < -0.39 is 6.10 Å². The van der Waals surface area contributed by atoms with E-state index in [9.17, 15) is 5.11 Å². The molecule has 1 heterocycles. The molecule has 17 heavy (non-hydrogen) atoms. The van der Waals surface area contributed by atoms with E-state index in [1.807, 2.05) is 31.2 Å². The Kier molecular flexibility index (Phi) is 3.71. The summed E-state index contributed by atoms with van der Waals surface area (Å²) in [6.07, 6.45) is -0.645. The van der Waals surface area contributed by atoms with E-state index in [4.69, 9.17) is 11.6 Å². The van der Waals surface area contributed by atoms with Crippen molar-refractivity contribution in [3.8, 4) is 0 Å². The highest BCUT2D eigenvalue weighted by atomic mass is 35.5. The first-order chi connectivity index (χ1) is 8.19. The number of aromatic nitrogens is 4. The fraction of sp³-hybridized carbons (Fsp3) is 0.364. The first kappa shape index (κ1) is 12.0. The Morgan fingerprint density at radius 2 is 2.06 bits per heavy atom. The lowest BCUT2D eigenvalue weighted by atomic mass is 10.1. The average Bonchev–Trinajstić information content (AvgIpc) is 2.77. The molecule has 0 amide bonds.